The van der Waals surface area contributed by atoms with Crippen LogP contribution in [0.3, 0.4) is 0 Å². The molecule has 1 atom stereocenters. The van der Waals surface area contributed by atoms with Crippen LogP contribution in [0, 0.1) is 6.92 Å². The highest BCUT2D eigenvalue weighted by molar-refractivity contribution is 6.34. The molecule has 0 saturated heterocycles. The highest BCUT2D eigenvalue weighted by Gasteiger charge is 2.39. The number of rotatable bonds is 7. The summed E-state index contributed by atoms with van der Waals surface area (Å²) in [6.07, 6.45) is -1.93. The molecule has 3 aromatic carbocycles. The Hall–Kier alpha value is -2.47. The quantitative estimate of drug-likeness (QED) is 0.355. The summed E-state index contributed by atoms with van der Waals surface area (Å²) < 4.78 is 40.9. The van der Waals surface area contributed by atoms with Crippen LogP contribution in [0.25, 0.3) is 6.08 Å². The molecule has 0 radical (unpaired) electrons. The fourth-order valence-corrected chi connectivity index (χ4v) is 3.59. The number of hydrogen-bond acceptors (Lipinski definition) is 2. The fourth-order valence-electron chi connectivity index (χ4n) is 3.05. The van der Waals surface area contributed by atoms with Gasteiger partial charge in [0.15, 0.2) is 0 Å². The van der Waals surface area contributed by atoms with Crippen molar-refractivity contribution in [2.45, 2.75) is 25.6 Å². The highest BCUT2D eigenvalue weighted by Crippen LogP contribution is 2.38. The van der Waals surface area contributed by atoms with Crippen molar-refractivity contribution < 1.29 is 18.0 Å². The fraction of sp³-hybridized carbons (Fsp3) is 0.167. The zero-order valence-electron chi connectivity index (χ0n) is 16.6. The molecule has 0 amide bonds. The molecule has 31 heavy (non-hydrogen) atoms. The van der Waals surface area contributed by atoms with Crippen LogP contribution < -0.4 is 5.48 Å². The van der Waals surface area contributed by atoms with Crippen molar-refractivity contribution in [3.8, 4) is 0 Å². The molecule has 3 aromatic rings. The summed E-state index contributed by atoms with van der Waals surface area (Å²) in [5.74, 6) is -1.82. The van der Waals surface area contributed by atoms with Crippen molar-refractivity contribution in [1.29, 1.82) is 0 Å². The standard InChI is InChI=1S/C24H20Cl2F3NO/c1-16-11-17(8-10-23(16)30-31-15-18-5-3-2-4-6-18)7-9-22(24(27,28)29)19-12-20(25)14-21(26)13-19/h2-14,22,30H,15H2,1H3/b9-7+. The maximum absolute atomic E-state index is 13.6. The molecule has 1 N–H and O–H groups in total. The largest absolute Gasteiger partial charge is 0.399 e. The van der Waals surface area contributed by atoms with E-state index in [0.29, 0.717) is 12.2 Å². The number of anilines is 1. The highest BCUT2D eigenvalue weighted by atomic mass is 35.5. The van der Waals surface area contributed by atoms with Crippen LogP contribution in [0.1, 0.15) is 28.2 Å². The molecule has 0 aliphatic carbocycles. The Morgan fingerprint density at radius 2 is 1.65 bits per heavy atom. The van der Waals surface area contributed by atoms with Gasteiger partial charge in [-0.15, -0.1) is 0 Å². The van der Waals surface area contributed by atoms with E-state index in [0.717, 1.165) is 22.9 Å². The molecular weight excluding hydrogens is 446 g/mol. The smallest absolute Gasteiger partial charge is 0.271 e. The Bertz CT molecular complexity index is 1030. The number of allylic oxidation sites excluding steroid dienone is 1. The van der Waals surface area contributed by atoms with Crippen molar-refractivity contribution in [2.75, 3.05) is 5.48 Å². The Morgan fingerprint density at radius 3 is 2.26 bits per heavy atom. The first kappa shape index (κ1) is 23.2. The third-order valence-electron chi connectivity index (χ3n) is 4.59. The van der Waals surface area contributed by atoms with Gasteiger partial charge in [-0.1, -0.05) is 71.8 Å². The van der Waals surface area contributed by atoms with E-state index in [2.05, 4.69) is 5.48 Å². The second-order valence-electron chi connectivity index (χ2n) is 7.03. The molecule has 0 aliphatic rings. The number of aryl methyl sites for hydroxylation is 1. The zero-order valence-corrected chi connectivity index (χ0v) is 18.1. The van der Waals surface area contributed by atoms with Crippen LogP contribution in [0.2, 0.25) is 10.0 Å². The number of halogens is 5. The molecule has 0 spiro atoms. The number of alkyl halides is 3. The molecule has 2 nitrogen and oxygen atoms in total. The van der Waals surface area contributed by atoms with Gasteiger partial charge in [0.25, 0.3) is 0 Å². The summed E-state index contributed by atoms with van der Waals surface area (Å²) in [5, 5.41) is 0.318. The minimum atomic E-state index is -4.48. The lowest BCUT2D eigenvalue weighted by molar-refractivity contribution is -0.139. The molecule has 0 aromatic heterocycles. The SMILES string of the molecule is Cc1cc(/C=C/C(c2cc(Cl)cc(Cl)c2)C(F)(F)F)ccc1NOCc1ccccc1. The number of nitrogens with one attached hydrogen (secondary N) is 1. The van der Waals surface area contributed by atoms with Crippen molar-refractivity contribution in [1.82, 2.24) is 0 Å². The first-order valence-electron chi connectivity index (χ1n) is 9.45. The van der Waals surface area contributed by atoms with Crippen LogP contribution in [-0.4, -0.2) is 6.18 Å². The summed E-state index contributed by atoms with van der Waals surface area (Å²) in [7, 11) is 0. The van der Waals surface area contributed by atoms with Crippen molar-refractivity contribution in [2.24, 2.45) is 0 Å². The lowest BCUT2D eigenvalue weighted by Gasteiger charge is -2.18. The lowest BCUT2D eigenvalue weighted by atomic mass is 9.97. The predicted octanol–water partition coefficient (Wildman–Crippen LogP) is 8.20. The van der Waals surface area contributed by atoms with Gasteiger partial charge in [0, 0.05) is 10.0 Å². The Morgan fingerprint density at radius 1 is 0.968 bits per heavy atom. The Labute approximate surface area is 189 Å². The molecule has 0 aliphatic heterocycles. The monoisotopic (exact) mass is 465 g/mol. The van der Waals surface area contributed by atoms with E-state index in [-0.39, 0.29) is 15.6 Å². The van der Waals surface area contributed by atoms with Gasteiger partial charge in [-0.3, -0.25) is 10.3 Å². The molecule has 0 fully saturated rings. The van der Waals surface area contributed by atoms with Gasteiger partial charge in [-0.2, -0.15) is 13.2 Å². The predicted molar refractivity (Wildman–Crippen MR) is 120 cm³/mol. The summed E-state index contributed by atoms with van der Waals surface area (Å²) >= 11 is 11.8. The molecule has 0 heterocycles. The molecule has 0 bridgehead atoms. The lowest BCUT2D eigenvalue weighted by Crippen LogP contribution is -2.18. The van der Waals surface area contributed by atoms with Crippen molar-refractivity contribution in [3.63, 3.8) is 0 Å². The van der Waals surface area contributed by atoms with Crippen LogP contribution in [0.4, 0.5) is 18.9 Å². The normalized spacial score (nSPS) is 12.8. The van der Waals surface area contributed by atoms with Crippen LogP contribution >= 0.6 is 23.2 Å². The minimum absolute atomic E-state index is 0.00873. The first-order chi connectivity index (χ1) is 14.7. The van der Waals surface area contributed by atoms with Crippen LogP contribution in [0.5, 0.6) is 0 Å². The molecule has 7 heteroatoms. The molecule has 3 rings (SSSR count). The minimum Gasteiger partial charge on any atom is -0.271 e. The average molecular weight is 466 g/mol. The van der Waals surface area contributed by atoms with E-state index < -0.39 is 12.1 Å². The van der Waals surface area contributed by atoms with Gasteiger partial charge < -0.3 is 0 Å². The maximum Gasteiger partial charge on any atom is 0.399 e. The van der Waals surface area contributed by atoms with Crippen LogP contribution in [-0.2, 0) is 11.4 Å². The second kappa shape index (κ2) is 10.2. The maximum atomic E-state index is 13.6. The van der Waals surface area contributed by atoms with Gasteiger partial charge in [0.2, 0.25) is 0 Å². The number of hydrogen-bond donors (Lipinski definition) is 1. The van der Waals surface area contributed by atoms with E-state index in [1.165, 1.54) is 24.3 Å². The van der Waals surface area contributed by atoms with Gasteiger partial charge in [0.1, 0.15) is 0 Å². The van der Waals surface area contributed by atoms with Crippen LogP contribution in [0.15, 0.2) is 72.8 Å². The summed E-state index contributed by atoms with van der Waals surface area (Å²) in [6, 6.07) is 18.9. The van der Waals surface area contributed by atoms with E-state index in [9.17, 15) is 13.2 Å². The van der Waals surface area contributed by atoms with E-state index in [1.54, 1.807) is 18.2 Å². The third-order valence-corrected chi connectivity index (χ3v) is 5.03. The zero-order chi connectivity index (χ0) is 22.4. The Balaban J connectivity index is 1.72. The number of benzene rings is 3. The van der Waals surface area contributed by atoms with Gasteiger partial charge in [-0.25, -0.2) is 0 Å². The summed E-state index contributed by atoms with van der Waals surface area (Å²) in [6.45, 7) is 2.24. The van der Waals surface area contributed by atoms with Gasteiger partial charge >= 0.3 is 6.18 Å². The summed E-state index contributed by atoms with van der Waals surface area (Å²) in [4.78, 5) is 5.51. The Kier molecular flexibility index (Phi) is 7.65. The van der Waals surface area contributed by atoms with E-state index in [4.69, 9.17) is 28.0 Å². The van der Waals surface area contributed by atoms with Gasteiger partial charge in [-0.05, 0) is 59.5 Å². The second-order valence-corrected chi connectivity index (χ2v) is 7.90. The van der Waals surface area contributed by atoms with Crippen molar-refractivity contribution in [3.05, 3.63) is 105 Å². The molecule has 1 unspecified atom stereocenters. The summed E-state index contributed by atoms with van der Waals surface area (Å²) in [5.41, 5.74) is 6.10. The van der Waals surface area contributed by atoms with E-state index in [1.807, 2.05) is 37.3 Å². The molecule has 0 saturated carbocycles. The van der Waals surface area contributed by atoms with Gasteiger partial charge in [0.05, 0.1) is 18.2 Å². The molecule has 162 valence electrons. The average Bonchev–Trinajstić information content (AvgIpc) is 2.69. The third kappa shape index (κ3) is 6.76. The topological polar surface area (TPSA) is 21.3 Å². The first-order valence-corrected chi connectivity index (χ1v) is 10.2. The van der Waals surface area contributed by atoms with Crippen molar-refractivity contribution >= 4 is 35.0 Å². The van der Waals surface area contributed by atoms with E-state index >= 15 is 0 Å². The molecular formula is C24H20Cl2F3NO.